The van der Waals surface area contributed by atoms with Gasteiger partial charge in [0.15, 0.2) is 0 Å². The van der Waals surface area contributed by atoms with Crippen LogP contribution in [0.1, 0.15) is 193 Å². The summed E-state index contributed by atoms with van der Waals surface area (Å²) in [6.45, 7) is 6.08. The van der Waals surface area contributed by atoms with E-state index in [1.54, 1.807) is 12.1 Å². The molecular formula is C49H86O7S. The van der Waals surface area contributed by atoms with E-state index in [1.807, 2.05) is 6.92 Å². The van der Waals surface area contributed by atoms with E-state index in [1.165, 1.54) is 141 Å². The van der Waals surface area contributed by atoms with Gasteiger partial charge in [-0.1, -0.05) is 157 Å². The van der Waals surface area contributed by atoms with E-state index in [0.717, 1.165) is 51.2 Å². The lowest BCUT2D eigenvalue weighted by Crippen LogP contribution is -2.12. The fraction of sp³-hybridized carbons (Fsp3) is 0.694. The van der Waals surface area contributed by atoms with E-state index in [2.05, 4.69) is 66.6 Å². The molecule has 0 aliphatic carbocycles. The van der Waals surface area contributed by atoms with E-state index in [-0.39, 0.29) is 24.5 Å². The van der Waals surface area contributed by atoms with Crippen LogP contribution in [-0.4, -0.2) is 55.9 Å². The molecule has 0 aliphatic heterocycles. The molecule has 57 heavy (non-hydrogen) atoms. The number of hydrogen-bond donors (Lipinski definition) is 3. The van der Waals surface area contributed by atoms with Gasteiger partial charge in [0.25, 0.3) is 10.1 Å². The van der Waals surface area contributed by atoms with Gasteiger partial charge in [-0.25, -0.2) is 0 Å². The zero-order valence-electron chi connectivity index (χ0n) is 36.9. The molecule has 0 amide bonds. The van der Waals surface area contributed by atoms with Crippen LogP contribution in [0.3, 0.4) is 0 Å². The van der Waals surface area contributed by atoms with Crippen molar-refractivity contribution in [3.8, 4) is 0 Å². The second-order valence-electron chi connectivity index (χ2n) is 15.0. The Labute approximate surface area is 351 Å². The van der Waals surface area contributed by atoms with Crippen molar-refractivity contribution in [2.75, 3.05) is 20.3 Å². The van der Waals surface area contributed by atoms with Gasteiger partial charge < -0.3 is 15.3 Å². The summed E-state index contributed by atoms with van der Waals surface area (Å²) >= 11 is 0. The minimum absolute atomic E-state index is 0.0677. The van der Waals surface area contributed by atoms with Gasteiger partial charge in [-0.3, -0.25) is 8.98 Å². The third-order valence-corrected chi connectivity index (χ3v) is 10.8. The van der Waals surface area contributed by atoms with Gasteiger partial charge >= 0.3 is 0 Å². The lowest BCUT2D eigenvalue weighted by atomic mass is 10.0. The maximum Gasteiger partial charge on any atom is 0.296 e. The first kappa shape index (κ1) is 56.7. The maximum absolute atomic E-state index is 12.1. The molecule has 0 radical (unpaired) electrons. The van der Waals surface area contributed by atoms with Crippen LogP contribution in [0.4, 0.5) is 0 Å². The van der Waals surface area contributed by atoms with E-state index in [4.69, 9.17) is 15.3 Å². The molecule has 0 aliphatic rings. The van der Waals surface area contributed by atoms with Gasteiger partial charge in [0.2, 0.25) is 0 Å². The second kappa shape index (κ2) is 44.7. The van der Waals surface area contributed by atoms with Crippen LogP contribution >= 0.6 is 0 Å². The van der Waals surface area contributed by atoms with Crippen LogP contribution in [0.25, 0.3) is 0 Å². The highest BCUT2D eigenvalue weighted by atomic mass is 32.2. The number of allylic oxidation sites excluding steroid dienone is 8. The van der Waals surface area contributed by atoms with Crippen LogP contribution < -0.4 is 0 Å². The topological polar surface area (TPSA) is 121 Å². The Morgan fingerprint density at radius 2 is 0.965 bits per heavy atom. The highest BCUT2D eigenvalue weighted by Gasteiger charge is 2.11. The average Bonchev–Trinajstić information content (AvgIpc) is 3.21. The van der Waals surface area contributed by atoms with Crippen LogP contribution in [-0.2, 0) is 19.1 Å². The van der Waals surface area contributed by atoms with Gasteiger partial charge in [0.1, 0.15) is 5.78 Å². The molecule has 1 aromatic rings. The maximum atomic E-state index is 12.1. The van der Waals surface area contributed by atoms with Crippen molar-refractivity contribution in [2.45, 2.75) is 205 Å². The summed E-state index contributed by atoms with van der Waals surface area (Å²) in [5.41, 5.74) is 1.02. The lowest BCUT2D eigenvalue weighted by Gasteiger charge is -2.03. The SMILES string of the molecule is CCCCC/C=C\C/C=C\CCCCCCCCC(=O)CCCCCCCC/C=C\C/C=C\CCCCC.COS(=O)(=O)c1ccc(C)cc1.OCCC(O)CO. The third-order valence-electron chi connectivity index (χ3n) is 9.51. The summed E-state index contributed by atoms with van der Waals surface area (Å²) in [7, 11) is -2.37. The van der Waals surface area contributed by atoms with E-state index in [9.17, 15) is 13.2 Å². The number of unbranched alkanes of at least 4 members (excludes halogenated alkanes) is 18. The van der Waals surface area contributed by atoms with Crippen molar-refractivity contribution in [1.29, 1.82) is 0 Å². The summed E-state index contributed by atoms with van der Waals surface area (Å²) in [6.07, 6.45) is 50.1. The molecule has 7 nitrogen and oxygen atoms in total. The predicted molar refractivity (Wildman–Crippen MR) is 243 cm³/mol. The largest absolute Gasteiger partial charge is 0.396 e. The third kappa shape index (κ3) is 43.1. The first-order chi connectivity index (χ1) is 27.7. The molecule has 3 N–H and O–H groups in total. The first-order valence-corrected chi connectivity index (χ1v) is 24.0. The van der Waals surface area contributed by atoms with E-state index in [0.29, 0.717) is 5.78 Å². The van der Waals surface area contributed by atoms with Gasteiger partial charge in [-0.15, -0.1) is 0 Å². The Kier molecular flexibility index (Phi) is 44.5. The van der Waals surface area contributed by atoms with E-state index >= 15 is 0 Å². The van der Waals surface area contributed by atoms with Gasteiger partial charge in [0.05, 0.1) is 24.7 Å². The summed E-state index contributed by atoms with van der Waals surface area (Å²) in [5.74, 6) is 0.499. The number of rotatable bonds is 35. The molecule has 0 fully saturated rings. The summed E-state index contributed by atoms with van der Waals surface area (Å²) in [5, 5.41) is 24.6. The summed E-state index contributed by atoms with van der Waals surface area (Å²) in [4.78, 5) is 12.3. The molecule has 8 heteroatoms. The first-order valence-electron chi connectivity index (χ1n) is 22.6. The highest BCUT2D eigenvalue weighted by Crippen LogP contribution is 2.14. The molecule has 0 heterocycles. The molecule has 1 rings (SSSR count). The number of aliphatic hydroxyl groups is 3. The molecule has 0 saturated heterocycles. The van der Waals surface area contributed by atoms with Crippen LogP contribution in [0.5, 0.6) is 0 Å². The van der Waals surface area contributed by atoms with Crippen molar-refractivity contribution in [2.24, 2.45) is 0 Å². The number of hydrogen-bond acceptors (Lipinski definition) is 7. The van der Waals surface area contributed by atoms with Crippen LogP contribution in [0, 0.1) is 6.92 Å². The smallest absolute Gasteiger partial charge is 0.296 e. The molecular weight excluding hydrogens is 733 g/mol. The summed E-state index contributed by atoms with van der Waals surface area (Å²) in [6, 6.07) is 6.50. The Balaban J connectivity index is 0. The van der Waals surface area contributed by atoms with Gasteiger partial charge in [0, 0.05) is 19.4 Å². The monoisotopic (exact) mass is 819 g/mol. The number of aryl methyl sites for hydroxylation is 1. The Morgan fingerprint density at radius 3 is 1.30 bits per heavy atom. The van der Waals surface area contributed by atoms with Gasteiger partial charge in [-0.2, -0.15) is 8.42 Å². The number of benzene rings is 1. The quantitative estimate of drug-likeness (QED) is 0.0354. The standard InChI is InChI=1S/C37H66O.C8H10O3S.C4H10O3/c1-3-5-7-9-11-13-15-17-19-21-23-25-27-29-31-33-35-37(38)36-34-32-30-28-26-24-22-20-18-16-14-12-10-8-6-4-2;1-7-3-5-8(6-4-7)12(9,10)11-2;5-2-1-4(7)3-6/h11-14,17-20H,3-10,15-16,21-36H2,1-2H3;3-6H,1-2H3;4-7H,1-3H2/b13-11-,14-12-,19-17-,20-18-;;. The summed E-state index contributed by atoms with van der Waals surface area (Å²) < 4.78 is 26.5. The average molecular weight is 819 g/mol. The molecule has 330 valence electrons. The number of carbonyl (C=O) groups is 1. The Bertz CT molecular complexity index is 1170. The fourth-order valence-corrected chi connectivity index (χ4v) is 6.45. The van der Waals surface area contributed by atoms with Crippen molar-refractivity contribution < 1.29 is 32.7 Å². The minimum atomic E-state index is -3.51. The Morgan fingerprint density at radius 1 is 0.596 bits per heavy atom. The number of carbonyl (C=O) groups excluding carboxylic acids is 1. The van der Waals surface area contributed by atoms with Gasteiger partial charge in [-0.05, 0) is 103 Å². The van der Waals surface area contributed by atoms with E-state index < -0.39 is 16.2 Å². The molecule has 1 atom stereocenters. The zero-order chi connectivity index (χ0) is 42.5. The lowest BCUT2D eigenvalue weighted by molar-refractivity contribution is -0.119. The second-order valence-corrected chi connectivity index (χ2v) is 16.7. The number of ketones is 1. The molecule has 1 aromatic carbocycles. The Hall–Kier alpha value is -2.36. The molecule has 0 spiro atoms. The molecule has 0 saturated carbocycles. The highest BCUT2D eigenvalue weighted by molar-refractivity contribution is 7.86. The van der Waals surface area contributed by atoms with Crippen molar-refractivity contribution in [3.05, 3.63) is 78.4 Å². The fourth-order valence-electron chi connectivity index (χ4n) is 5.79. The molecule has 0 aromatic heterocycles. The minimum Gasteiger partial charge on any atom is -0.396 e. The number of Topliss-reactive ketones (excluding diaryl/α,β-unsaturated/α-hetero) is 1. The molecule has 1 unspecified atom stereocenters. The normalized spacial score (nSPS) is 12.3. The number of aliphatic hydroxyl groups excluding tert-OH is 3. The zero-order valence-corrected chi connectivity index (χ0v) is 37.7. The van der Waals surface area contributed by atoms with Crippen molar-refractivity contribution in [1.82, 2.24) is 0 Å². The van der Waals surface area contributed by atoms with Crippen LogP contribution in [0.2, 0.25) is 0 Å². The van der Waals surface area contributed by atoms with Crippen molar-refractivity contribution in [3.63, 3.8) is 0 Å². The van der Waals surface area contributed by atoms with Crippen LogP contribution in [0.15, 0.2) is 77.8 Å². The predicted octanol–water partition coefficient (Wildman–Crippen LogP) is 13.0. The van der Waals surface area contributed by atoms with Crippen molar-refractivity contribution >= 4 is 15.9 Å². The molecule has 0 bridgehead atoms.